The van der Waals surface area contributed by atoms with Crippen LogP contribution in [0.25, 0.3) is 0 Å². The second-order valence-corrected chi connectivity index (χ2v) is 5.42. The summed E-state index contributed by atoms with van der Waals surface area (Å²) in [5, 5.41) is 13.8. The van der Waals surface area contributed by atoms with Gasteiger partial charge in [-0.25, -0.2) is 0 Å². The van der Waals surface area contributed by atoms with Crippen LogP contribution >= 0.6 is 15.9 Å². The molecule has 2 aromatic rings. The molecular weight excluding hydrogens is 306 g/mol. The van der Waals surface area contributed by atoms with Gasteiger partial charge in [-0.3, -0.25) is 9.58 Å². The lowest BCUT2D eigenvalue weighted by Crippen LogP contribution is -2.30. The number of halogens is 1. The molecule has 0 bridgehead atoms. The van der Waals surface area contributed by atoms with Gasteiger partial charge in [0.15, 0.2) is 0 Å². The van der Waals surface area contributed by atoms with Crippen LogP contribution in [0.5, 0.6) is 0 Å². The summed E-state index contributed by atoms with van der Waals surface area (Å²) in [5.74, 6) is 0. The minimum absolute atomic E-state index is 0.00747. The minimum Gasteiger partial charge on any atom is -0.394 e. The largest absolute Gasteiger partial charge is 0.394 e. The SMILES string of the molecule is CN(CCn1cccn1)[C@H](CO)c1cccc(Br)c1. The van der Waals surface area contributed by atoms with Gasteiger partial charge in [-0.1, -0.05) is 28.1 Å². The van der Waals surface area contributed by atoms with Crippen LogP contribution in [0.15, 0.2) is 47.2 Å². The zero-order chi connectivity index (χ0) is 13.7. The molecule has 1 aromatic heterocycles. The fourth-order valence-corrected chi connectivity index (χ4v) is 2.48. The number of likely N-dealkylation sites (N-methyl/N-ethyl adjacent to an activating group) is 1. The van der Waals surface area contributed by atoms with Gasteiger partial charge in [-0.05, 0) is 30.8 Å². The molecule has 2 rings (SSSR count). The Kier molecular flexibility index (Phi) is 5.13. The van der Waals surface area contributed by atoms with Crippen molar-refractivity contribution in [2.24, 2.45) is 0 Å². The molecule has 0 spiro atoms. The van der Waals surface area contributed by atoms with Crippen LogP contribution in [0.3, 0.4) is 0 Å². The highest BCUT2D eigenvalue weighted by atomic mass is 79.9. The molecular formula is C14H18BrN3O. The first-order valence-corrected chi connectivity index (χ1v) is 7.04. The Bertz CT molecular complexity index is 501. The molecule has 1 heterocycles. The molecule has 0 fully saturated rings. The van der Waals surface area contributed by atoms with Gasteiger partial charge in [-0.15, -0.1) is 0 Å². The first-order valence-electron chi connectivity index (χ1n) is 6.24. The Labute approximate surface area is 121 Å². The number of nitrogens with zero attached hydrogens (tertiary/aromatic N) is 3. The molecule has 19 heavy (non-hydrogen) atoms. The highest BCUT2D eigenvalue weighted by Gasteiger charge is 2.16. The summed E-state index contributed by atoms with van der Waals surface area (Å²) in [7, 11) is 2.02. The lowest BCUT2D eigenvalue weighted by molar-refractivity contribution is 0.143. The van der Waals surface area contributed by atoms with E-state index in [9.17, 15) is 5.11 Å². The van der Waals surface area contributed by atoms with Gasteiger partial charge >= 0.3 is 0 Å². The zero-order valence-electron chi connectivity index (χ0n) is 10.9. The summed E-state index contributed by atoms with van der Waals surface area (Å²) in [6.07, 6.45) is 3.72. The average molecular weight is 324 g/mol. The van der Waals surface area contributed by atoms with Gasteiger partial charge in [-0.2, -0.15) is 5.10 Å². The monoisotopic (exact) mass is 323 g/mol. The molecule has 0 saturated heterocycles. The molecule has 0 unspecified atom stereocenters. The van der Waals surface area contributed by atoms with Gasteiger partial charge in [0, 0.05) is 23.4 Å². The van der Waals surface area contributed by atoms with E-state index in [0.717, 1.165) is 23.1 Å². The van der Waals surface area contributed by atoms with Crippen LogP contribution in [-0.2, 0) is 6.54 Å². The highest BCUT2D eigenvalue weighted by molar-refractivity contribution is 9.10. The van der Waals surface area contributed by atoms with Gasteiger partial charge in [0.25, 0.3) is 0 Å². The summed E-state index contributed by atoms with van der Waals surface area (Å²) in [4.78, 5) is 2.14. The fraction of sp³-hybridized carbons (Fsp3) is 0.357. The standard InChI is InChI=1S/C14H18BrN3O/c1-17(8-9-18-7-3-6-16-18)14(11-19)12-4-2-5-13(15)10-12/h2-7,10,14,19H,8-9,11H2,1H3/t14-/m1/s1. The molecule has 1 atom stereocenters. The molecule has 102 valence electrons. The van der Waals surface area contributed by atoms with E-state index in [1.54, 1.807) is 6.20 Å². The predicted octanol–water partition coefficient (Wildman–Crippen LogP) is 2.31. The summed E-state index contributed by atoms with van der Waals surface area (Å²) >= 11 is 3.46. The first kappa shape index (κ1) is 14.2. The summed E-state index contributed by atoms with van der Waals surface area (Å²) in [6, 6.07) is 9.98. The number of aliphatic hydroxyl groups is 1. The fourth-order valence-electron chi connectivity index (χ4n) is 2.06. The maximum Gasteiger partial charge on any atom is 0.0628 e. The van der Waals surface area contributed by atoms with Crippen molar-refractivity contribution in [3.8, 4) is 0 Å². The number of hydrogen-bond donors (Lipinski definition) is 1. The second kappa shape index (κ2) is 6.84. The van der Waals surface area contributed by atoms with E-state index in [1.165, 1.54) is 0 Å². The summed E-state index contributed by atoms with van der Waals surface area (Å²) in [5.41, 5.74) is 1.11. The number of aliphatic hydroxyl groups excluding tert-OH is 1. The van der Waals surface area contributed by atoms with Crippen LogP contribution in [-0.4, -0.2) is 40.0 Å². The Morgan fingerprint density at radius 1 is 1.42 bits per heavy atom. The molecule has 1 N–H and O–H groups in total. The molecule has 0 aliphatic carbocycles. The third-order valence-corrected chi connectivity index (χ3v) is 3.67. The van der Waals surface area contributed by atoms with E-state index in [1.807, 2.05) is 48.3 Å². The lowest BCUT2D eigenvalue weighted by atomic mass is 10.1. The van der Waals surface area contributed by atoms with E-state index in [4.69, 9.17) is 0 Å². The highest BCUT2D eigenvalue weighted by Crippen LogP contribution is 2.22. The topological polar surface area (TPSA) is 41.3 Å². The minimum atomic E-state index is 0.00747. The molecule has 0 amide bonds. The molecule has 4 nitrogen and oxygen atoms in total. The third-order valence-electron chi connectivity index (χ3n) is 3.18. The van der Waals surface area contributed by atoms with Crippen molar-refractivity contribution in [1.82, 2.24) is 14.7 Å². The van der Waals surface area contributed by atoms with Crippen molar-refractivity contribution in [3.05, 3.63) is 52.8 Å². The van der Waals surface area contributed by atoms with Gasteiger partial charge in [0.1, 0.15) is 0 Å². The predicted molar refractivity (Wildman–Crippen MR) is 78.8 cm³/mol. The van der Waals surface area contributed by atoms with Crippen molar-refractivity contribution in [2.75, 3.05) is 20.2 Å². The molecule has 5 heteroatoms. The zero-order valence-corrected chi connectivity index (χ0v) is 12.5. The van der Waals surface area contributed by atoms with Crippen LogP contribution < -0.4 is 0 Å². The van der Waals surface area contributed by atoms with Crippen LogP contribution in [0, 0.1) is 0 Å². The third kappa shape index (κ3) is 3.89. The number of rotatable bonds is 6. The summed E-state index contributed by atoms with van der Waals surface area (Å²) in [6.45, 7) is 1.75. The Balaban J connectivity index is 2.00. The Morgan fingerprint density at radius 3 is 2.89 bits per heavy atom. The van der Waals surface area contributed by atoms with Crippen molar-refractivity contribution in [2.45, 2.75) is 12.6 Å². The van der Waals surface area contributed by atoms with E-state index in [-0.39, 0.29) is 12.6 Å². The molecule has 0 aliphatic heterocycles. The second-order valence-electron chi connectivity index (χ2n) is 4.50. The maximum atomic E-state index is 9.62. The van der Waals surface area contributed by atoms with Crippen LogP contribution in [0.1, 0.15) is 11.6 Å². The van der Waals surface area contributed by atoms with Crippen molar-refractivity contribution < 1.29 is 5.11 Å². The Morgan fingerprint density at radius 2 is 2.26 bits per heavy atom. The van der Waals surface area contributed by atoms with E-state index in [0.29, 0.717) is 0 Å². The van der Waals surface area contributed by atoms with E-state index in [2.05, 4.69) is 25.9 Å². The molecule has 1 aromatic carbocycles. The van der Waals surface area contributed by atoms with Gasteiger partial charge in [0.05, 0.1) is 19.2 Å². The van der Waals surface area contributed by atoms with Crippen LogP contribution in [0.2, 0.25) is 0 Å². The van der Waals surface area contributed by atoms with Crippen molar-refractivity contribution >= 4 is 15.9 Å². The number of benzene rings is 1. The average Bonchev–Trinajstić information content (AvgIpc) is 2.90. The summed E-state index contributed by atoms with van der Waals surface area (Å²) < 4.78 is 2.93. The van der Waals surface area contributed by atoms with E-state index < -0.39 is 0 Å². The molecule has 0 aliphatic rings. The lowest BCUT2D eigenvalue weighted by Gasteiger charge is -2.27. The number of aromatic nitrogens is 2. The maximum absolute atomic E-state index is 9.62. The van der Waals surface area contributed by atoms with Crippen molar-refractivity contribution in [1.29, 1.82) is 0 Å². The van der Waals surface area contributed by atoms with Crippen molar-refractivity contribution in [3.63, 3.8) is 0 Å². The van der Waals surface area contributed by atoms with Crippen LogP contribution in [0.4, 0.5) is 0 Å². The Hall–Kier alpha value is -1.17. The molecule has 0 radical (unpaired) electrons. The number of hydrogen-bond acceptors (Lipinski definition) is 3. The van der Waals surface area contributed by atoms with Gasteiger partial charge in [0.2, 0.25) is 0 Å². The van der Waals surface area contributed by atoms with E-state index >= 15 is 0 Å². The molecule has 0 saturated carbocycles. The normalized spacial score (nSPS) is 12.8. The van der Waals surface area contributed by atoms with Gasteiger partial charge < -0.3 is 5.11 Å². The smallest absolute Gasteiger partial charge is 0.0628 e. The first-order chi connectivity index (χ1) is 9.20. The quantitative estimate of drug-likeness (QED) is 0.887.